The van der Waals surface area contributed by atoms with Crippen molar-refractivity contribution in [1.82, 2.24) is 24.6 Å². The number of carbonyl (C=O) groups excluding carboxylic acids is 1. The van der Waals surface area contributed by atoms with Crippen LogP contribution < -0.4 is 0 Å². The molecule has 3 heterocycles. The third-order valence-electron chi connectivity index (χ3n) is 6.58. The molecule has 35 heavy (non-hydrogen) atoms. The molecule has 1 aliphatic carbocycles. The zero-order chi connectivity index (χ0) is 24.9. The van der Waals surface area contributed by atoms with Gasteiger partial charge in [0.25, 0.3) is 0 Å². The first kappa shape index (κ1) is 24.1. The number of hydrogen-bond acceptors (Lipinski definition) is 6. The molecule has 1 fully saturated rings. The van der Waals surface area contributed by atoms with Crippen LogP contribution in [0.1, 0.15) is 87.1 Å². The van der Waals surface area contributed by atoms with Gasteiger partial charge in [0.2, 0.25) is 5.22 Å². The molecule has 3 aromatic rings. The van der Waals surface area contributed by atoms with Crippen LogP contribution in [0.2, 0.25) is 10.2 Å². The molecule has 0 radical (unpaired) electrons. The fourth-order valence-electron chi connectivity index (χ4n) is 4.92. The minimum atomic E-state index is -0.594. The van der Waals surface area contributed by atoms with Gasteiger partial charge in [-0.25, -0.2) is 9.78 Å². The molecule has 10 heteroatoms. The second-order valence-corrected chi connectivity index (χ2v) is 11.2. The van der Waals surface area contributed by atoms with Gasteiger partial charge in [-0.1, -0.05) is 11.6 Å². The van der Waals surface area contributed by atoms with Crippen LogP contribution in [0.3, 0.4) is 0 Å². The van der Waals surface area contributed by atoms with Crippen molar-refractivity contribution in [3.8, 4) is 5.69 Å². The minimum absolute atomic E-state index is 0.232. The summed E-state index contributed by atoms with van der Waals surface area (Å²) in [6.45, 7) is 8.12. The van der Waals surface area contributed by atoms with Crippen LogP contribution >= 0.6 is 23.2 Å². The largest absolute Gasteiger partial charge is 0.444 e. The van der Waals surface area contributed by atoms with E-state index in [1.54, 1.807) is 4.90 Å². The van der Waals surface area contributed by atoms with Crippen LogP contribution in [0.4, 0.5) is 4.79 Å². The van der Waals surface area contributed by atoms with E-state index in [-0.39, 0.29) is 17.9 Å². The van der Waals surface area contributed by atoms with Gasteiger partial charge in [-0.3, -0.25) is 9.47 Å². The van der Waals surface area contributed by atoms with E-state index in [9.17, 15) is 4.79 Å². The fraction of sp³-hybridized carbons (Fsp3) is 0.520. The Kier molecular flexibility index (Phi) is 6.30. The molecular weight excluding hydrogens is 489 g/mol. The normalized spacial score (nSPS) is 20.2. The van der Waals surface area contributed by atoms with E-state index in [0.717, 1.165) is 54.3 Å². The summed E-state index contributed by atoms with van der Waals surface area (Å²) in [6, 6.07) is 5.75. The summed E-state index contributed by atoms with van der Waals surface area (Å²) >= 11 is 12.4. The van der Waals surface area contributed by atoms with Crippen LogP contribution in [0.5, 0.6) is 0 Å². The molecule has 0 bridgehead atoms. The van der Waals surface area contributed by atoms with Crippen molar-refractivity contribution in [3.63, 3.8) is 0 Å². The Hall–Kier alpha value is -2.58. The SMILES string of the molecule is Cc1nc(C2CCC(c3nnc4n3-c3ccc(Cl)cc3CN(C(=O)OC(C)(C)C)C4)CC2)oc1Cl. The Morgan fingerprint density at radius 2 is 1.80 bits per heavy atom. The van der Waals surface area contributed by atoms with Crippen molar-refractivity contribution >= 4 is 29.3 Å². The summed E-state index contributed by atoms with van der Waals surface area (Å²) in [7, 11) is 0. The number of ether oxygens (including phenoxy) is 1. The minimum Gasteiger partial charge on any atom is -0.444 e. The summed E-state index contributed by atoms with van der Waals surface area (Å²) in [5, 5.41) is 10.1. The van der Waals surface area contributed by atoms with Gasteiger partial charge < -0.3 is 9.15 Å². The lowest BCUT2D eigenvalue weighted by Gasteiger charge is -2.26. The molecule has 0 spiro atoms. The average Bonchev–Trinajstić information content (AvgIpc) is 3.30. The highest BCUT2D eigenvalue weighted by molar-refractivity contribution is 6.30. The van der Waals surface area contributed by atoms with E-state index >= 15 is 0 Å². The maximum absolute atomic E-state index is 13.0. The highest BCUT2D eigenvalue weighted by Crippen LogP contribution is 2.42. The number of rotatable bonds is 2. The number of aromatic nitrogens is 4. The zero-order valence-electron chi connectivity index (χ0n) is 20.3. The van der Waals surface area contributed by atoms with Gasteiger partial charge in [0.1, 0.15) is 11.4 Å². The maximum atomic E-state index is 13.0. The molecule has 1 aromatic carbocycles. The number of halogens is 2. The molecule has 186 valence electrons. The zero-order valence-corrected chi connectivity index (χ0v) is 21.9. The fourth-order valence-corrected chi connectivity index (χ4v) is 5.23. The summed E-state index contributed by atoms with van der Waals surface area (Å²) in [5.74, 6) is 2.83. The van der Waals surface area contributed by atoms with Crippen molar-refractivity contribution < 1.29 is 13.9 Å². The first-order valence-corrected chi connectivity index (χ1v) is 12.7. The van der Waals surface area contributed by atoms with Crippen molar-refractivity contribution in [2.45, 2.75) is 83.9 Å². The molecule has 0 unspecified atom stereocenters. The third kappa shape index (κ3) is 4.91. The van der Waals surface area contributed by atoms with E-state index in [1.807, 2.05) is 45.9 Å². The Balaban J connectivity index is 1.44. The first-order chi connectivity index (χ1) is 16.6. The molecule has 0 atom stereocenters. The van der Waals surface area contributed by atoms with Crippen molar-refractivity contribution in [2.75, 3.05) is 0 Å². The molecule has 0 saturated heterocycles. The van der Waals surface area contributed by atoms with E-state index < -0.39 is 5.60 Å². The predicted octanol–water partition coefficient (Wildman–Crippen LogP) is 6.56. The molecule has 2 aromatic heterocycles. The lowest BCUT2D eigenvalue weighted by molar-refractivity contribution is 0.0214. The van der Waals surface area contributed by atoms with Crippen LogP contribution in [0, 0.1) is 6.92 Å². The van der Waals surface area contributed by atoms with Crippen molar-refractivity contribution in [3.05, 3.63) is 57.2 Å². The molecule has 8 nitrogen and oxygen atoms in total. The smallest absolute Gasteiger partial charge is 0.411 e. The summed E-state index contributed by atoms with van der Waals surface area (Å²) in [5.41, 5.74) is 2.02. The monoisotopic (exact) mass is 517 g/mol. The number of amides is 1. The number of fused-ring (bicyclic) bond motifs is 3. The van der Waals surface area contributed by atoms with Gasteiger partial charge in [-0.05, 0) is 88.7 Å². The van der Waals surface area contributed by atoms with E-state index in [2.05, 4.69) is 19.7 Å². The number of nitrogens with zero attached hydrogens (tertiary/aromatic N) is 5. The van der Waals surface area contributed by atoms with Crippen LogP contribution in [0.15, 0.2) is 22.6 Å². The number of carbonyl (C=O) groups is 1. The first-order valence-electron chi connectivity index (χ1n) is 11.9. The Morgan fingerprint density at radius 1 is 1.09 bits per heavy atom. The van der Waals surface area contributed by atoms with Crippen LogP contribution in [-0.4, -0.2) is 36.3 Å². The van der Waals surface area contributed by atoms with Crippen LogP contribution in [0.25, 0.3) is 5.69 Å². The number of oxazole rings is 1. The maximum Gasteiger partial charge on any atom is 0.411 e. The number of aryl methyl sites for hydroxylation is 1. The standard InChI is InChI=1S/C25H29Cl2N5O3/c1-14-21(27)34-23(28-14)16-7-5-15(6-8-16)22-30-29-20-13-31(24(33)35-25(2,3)4)12-17-11-18(26)9-10-19(17)32(20)22/h9-11,15-16H,5-8,12-13H2,1-4H3. The molecule has 1 amide bonds. The third-order valence-corrected chi connectivity index (χ3v) is 7.17. The topological polar surface area (TPSA) is 86.3 Å². The Morgan fingerprint density at radius 3 is 2.46 bits per heavy atom. The molecule has 1 aliphatic heterocycles. The second kappa shape index (κ2) is 9.13. The Labute approximate surface area is 214 Å². The highest BCUT2D eigenvalue weighted by atomic mass is 35.5. The van der Waals surface area contributed by atoms with Crippen molar-refractivity contribution in [1.29, 1.82) is 0 Å². The van der Waals surface area contributed by atoms with Gasteiger partial charge in [0.05, 0.1) is 24.5 Å². The van der Waals surface area contributed by atoms with Gasteiger partial charge in [-0.15, -0.1) is 10.2 Å². The van der Waals surface area contributed by atoms with Gasteiger partial charge in [-0.2, -0.15) is 0 Å². The average molecular weight is 518 g/mol. The lowest BCUT2D eigenvalue weighted by Crippen LogP contribution is -2.35. The molecule has 0 N–H and O–H groups in total. The quantitative estimate of drug-likeness (QED) is 0.382. The summed E-state index contributed by atoms with van der Waals surface area (Å²) < 4.78 is 13.4. The molecule has 1 saturated carbocycles. The van der Waals surface area contributed by atoms with Gasteiger partial charge in [0.15, 0.2) is 11.7 Å². The molecular formula is C25H29Cl2N5O3. The number of benzene rings is 1. The summed E-state index contributed by atoms with van der Waals surface area (Å²) in [4.78, 5) is 19.1. The molecule has 2 aliphatic rings. The predicted molar refractivity (Wildman–Crippen MR) is 132 cm³/mol. The van der Waals surface area contributed by atoms with E-state index in [4.69, 9.17) is 32.4 Å². The highest BCUT2D eigenvalue weighted by Gasteiger charge is 2.34. The van der Waals surface area contributed by atoms with Gasteiger partial charge in [0, 0.05) is 16.9 Å². The summed E-state index contributed by atoms with van der Waals surface area (Å²) in [6.07, 6.45) is 3.34. The van der Waals surface area contributed by atoms with E-state index in [1.165, 1.54) is 0 Å². The second-order valence-electron chi connectivity index (χ2n) is 10.4. The van der Waals surface area contributed by atoms with E-state index in [0.29, 0.717) is 29.2 Å². The van der Waals surface area contributed by atoms with Crippen molar-refractivity contribution in [2.24, 2.45) is 0 Å². The van der Waals surface area contributed by atoms with Crippen LogP contribution in [-0.2, 0) is 17.8 Å². The Bertz CT molecular complexity index is 1240. The molecule has 5 rings (SSSR count). The van der Waals surface area contributed by atoms with Gasteiger partial charge >= 0.3 is 6.09 Å². The lowest BCUT2D eigenvalue weighted by atomic mass is 9.81. The number of hydrogen-bond donors (Lipinski definition) is 0.